The van der Waals surface area contributed by atoms with Crippen molar-refractivity contribution < 1.29 is 0 Å². The monoisotopic (exact) mass is 256 g/mol. The molecular formula is C10H8S4. The Morgan fingerprint density at radius 1 is 0.643 bits per heavy atom. The molecule has 0 radical (unpaired) electrons. The van der Waals surface area contributed by atoms with Crippen molar-refractivity contribution in [3.05, 3.63) is 54.4 Å². The quantitative estimate of drug-likeness (QED) is 0.671. The molecule has 2 aliphatic rings. The van der Waals surface area contributed by atoms with Crippen molar-refractivity contribution in [1.82, 2.24) is 0 Å². The fourth-order valence-corrected chi connectivity index (χ4v) is 4.03. The zero-order valence-electron chi connectivity index (χ0n) is 7.25. The summed E-state index contributed by atoms with van der Waals surface area (Å²) in [5.74, 6) is 0. The minimum absolute atomic E-state index is 1.34. The first-order valence-electron chi connectivity index (χ1n) is 4.00. The van der Waals surface area contributed by atoms with Gasteiger partial charge in [-0.15, -0.1) is 0 Å². The highest BCUT2D eigenvalue weighted by molar-refractivity contribution is 8.27. The van der Waals surface area contributed by atoms with E-state index in [4.69, 9.17) is 0 Å². The van der Waals surface area contributed by atoms with E-state index < -0.39 is 0 Å². The van der Waals surface area contributed by atoms with Crippen LogP contribution < -0.4 is 0 Å². The first-order chi connectivity index (χ1) is 6.95. The Hall–Kier alpha value is 0.1000. The van der Waals surface area contributed by atoms with Gasteiger partial charge in [0.1, 0.15) is 0 Å². The van der Waals surface area contributed by atoms with Gasteiger partial charge in [0.05, 0.1) is 0 Å². The van der Waals surface area contributed by atoms with Gasteiger partial charge in [-0.1, -0.05) is 59.2 Å². The van der Waals surface area contributed by atoms with Gasteiger partial charge in [0.25, 0.3) is 0 Å². The van der Waals surface area contributed by atoms with Gasteiger partial charge in [0.15, 0.2) is 0 Å². The lowest BCUT2D eigenvalue weighted by atomic mass is 10.5. The number of rotatable bonds is 2. The normalized spacial score (nSPS) is 20.0. The lowest BCUT2D eigenvalue weighted by Gasteiger charge is -1.89. The van der Waals surface area contributed by atoms with Crippen molar-refractivity contribution in [2.75, 3.05) is 0 Å². The molecule has 0 aromatic rings. The van der Waals surface area contributed by atoms with Crippen LogP contribution in [-0.2, 0) is 0 Å². The molecule has 4 heteroatoms. The fourth-order valence-electron chi connectivity index (χ4n) is 0.860. The summed E-state index contributed by atoms with van der Waals surface area (Å²) in [7, 11) is 0. The second-order valence-electron chi connectivity index (χ2n) is 2.37. The molecule has 0 amide bonds. The van der Waals surface area contributed by atoms with Gasteiger partial charge in [-0.3, -0.25) is 0 Å². The Kier molecular flexibility index (Phi) is 4.44. The topological polar surface area (TPSA) is 0 Å². The molecule has 0 saturated heterocycles. The molecule has 0 nitrogen and oxygen atoms in total. The molecule has 0 aromatic carbocycles. The molecule has 0 aliphatic carbocycles. The maximum atomic E-state index is 2.14. The van der Waals surface area contributed by atoms with Crippen molar-refractivity contribution in [3.63, 3.8) is 0 Å². The molecule has 72 valence electrons. The minimum atomic E-state index is 1.34. The lowest BCUT2D eigenvalue weighted by Crippen LogP contribution is -1.59. The maximum Gasteiger partial charge on any atom is 0.0487 e. The molecule has 2 rings (SSSR count). The van der Waals surface area contributed by atoms with Gasteiger partial charge in [0, 0.05) is 8.47 Å². The summed E-state index contributed by atoms with van der Waals surface area (Å²) in [5.41, 5.74) is 0. The third kappa shape index (κ3) is 3.35. The summed E-state index contributed by atoms with van der Waals surface area (Å²) < 4.78 is 2.68. The molecule has 0 aromatic heterocycles. The molecule has 0 bridgehead atoms. The highest BCUT2D eigenvalue weighted by atomic mass is 32.2. The lowest BCUT2D eigenvalue weighted by molar-refractivity contribution is 1.94. The predicted octanol–water partition coefficient (Wildman–Crippen LogP) is 5.13. The van der Waals surface area contributed by atoms with Crippen LogP contribution in [0.25, 0.3) is 0 Å². The van der Waals surface area contributed by atoms with Gasteiger partial charge in [-0.2, -0.15) is 0 Å². The van der Waals surface area contributed by atoms with Crippen LogP contribution >= 0.6 is 47.0 Å². The highest BCUT2D eigenvalue weighted by Crippen LogP contribution is 2.38. The van der Waals surface area contributed by atoms with Crippen LogP contribution in [0.3, 0.4) is 0 Å². The Morgan fingerprint density at radius 2 is 1.00 bits per heavy atom. The Labute approximate surface area is 101 Å². The number of hydrogen-bond acceptors (Lipinski definition) is 4. The van der Waals surface area contributed by atoms with E-state index in [1.165, 1.54) is 8.47 Å². The third-order valence-corrected chi connectivity index (χ3v) is 5.49. The van der Waals surface area contributed by atoms with Gasteiger partial charge in [-0.05, 0) is 33.8 Å². The molecule has 0 unspecified atom stereocenters. The first kappa shape index (κ1) is 10.6. The van der Waals surface area contributed by atoms with Crippen molar-refractivity contribution in [3.8, 4) is 0 Å². The van der Waals surface area contributed by atoms with Crippen molar-refractivity contribution in [2.45, 2.75) is 0 Å². The molecule has 0 spiro atoms. The molecular weight excluding hydrogens is 248 g/mol. The van der Waals surface area contributed by atoms with Crippen LogP contribution in [0.5, 0.6) is 0 Å². The van der Waals surface area contributed by atoms with E-state index in [0.29, 0.717) is 0 Å². The smallest absolute Gasteiger partial charge is 0.0487 e. The third-order valence-electron chi connectivity index (χ3n) is 1.42. The second kappa shape index (κ2) is 5.85. The standard InChI is InChI=1S/C10H8S4/c1(3-9-11-5-6-12-9)2-4-10-13-7-8-14-10/h1-8H/b2-1+. The van der Waals surface area contributed by atoms with Crippen LogP contribution in [0.2, 0.25) is 0 Å². The van der Waals surface area contributed by atoms with E-state index >= 15 is 0 Å². The van der Waals surface area contributed by atoms with Crippen molar-refractivity contribution >= 4 is 47.0 Å². The van der Waals surface area contributed by atoms with Gasteiger partial charge in [-0.25, -0.2) is 0 Å². The summed E-state index contributed by atoms with van der Waals surface area (Å²) in [4.78, 5) is 0. The predicted molar refractivity (Wildman–Crippen MR) is 74.0 cm³/mol. The van der Waals surface area contributed by atoms with Crippen LogP contribution in [0.15, 0.2) is 54.4 Å². The van der Waals surface area contributed by atoms with Crippen LogP contribution in [0.4, 0.5) is 0 Å². The Morgan fingerprint density at radius 3 is 1.36 bits per heavy atom. The minimum Gasteiger partial charge on any atom is -0.0902 e. The zero-order valence-corrected chi connectivity index (χ0v) is 10.5. The largest absolute Gasteiger partial charge is 0.0902 e. The van der Waals surface area contributed by atoms with Crippen LogP contribution in [0.1, 0.15) is 0 Å². The summed E-state index contributed by atoms with van der Waals surface area (Å²) in [6.07, 6.45) is 8.47. The van der Waals surface area contributed by atoms with E-state index in [1.54, 1.807) is 47.0 Å². The van der Waals surface area contributed by atoms with Gasteiger partial charge >= 0.3 is 0 Å². The van der Waals surface area contributed by atoms with Crippen molar-refractivity contribution in [1.29, 1.82) is 0 Å². The average Bonchev–Trinajstić information content (AvgIpc) is 2.86. The highest BCUT2D eigenvalue weighted by Gasteiger charge is 1.99. The van der Waals surface area contributed by atoms with Gasteiger partial charge in [0.2, 0.25) is 0 Å². The van der Waals surface area contributed by atoms with Gasteiger partial charge < -0.3 is 0 Å². The van der Waals surface area contributed by atoms with Crippen LogP contribution in [0, 0.1) is 0 Å². The Bertz CT molecular complexity index is 293. The molecule has 0 N–H and O–H groups in total. The SMILES string of the molecule is C1=CSC(=C/C=C/C=C2SC=CS2)S1. The summed E-state index contributed by atoms with van der Waals surface area (Å²) >= 11 is 7.10. The molecule has 0 atom stereocenters. The van der Waals surface area contributed by atoms with E-state index in [9.17, 15) is 0 Å². The van der Waals surface area contributed by atoms with E-state index in [0.717, 1.165) is 0 Å². The average molecular weight is 256 g/mol. The molecule has 2 aliphatic heterocycles. The van der Waals surface area contributed by atoms with E-state index in [1.807, 2.05) is 0 Å². The maximum absolute atomic E-state index is 2.14. The molecule has 0 fully saturated rings. The first-order valence-corrected chi connectivity index (χ1v) is 7.52. The van der Waals surface area contributed by atoms with E-state index in [-0.39, 0.29) is 0 Å². The van der Waals surface area contributed by atoms with E-state index in [2.05, 4.69) is 45.9 Å². The summed E-state index contributed by atoms with van der Waals surface area (Å²) in [6.45, 7) is 0. The van der Waals surface area contributed by atoms with Crippen molar-refractivity contribution in [2.24, 2.45) is 0 Å². The number of allylic oxidation sites excluding steroid dienone is 4. The zero-order chi connectivity index (χ0) is 9.64. The van der Waals surface area contributed by atoms with Crippen LogP contribution in [-0.4, -0.2) is 0 Å². The number of thioether (sulfide) groups is 4. The summed E-state index contributed by atoms with van der Waals surface area (Å²) in [5, 5.41) is 8.43. The second-order valence-corrected chi connectivity index (χ2v) is 6.68. The molecule has 0 saturated carbocycles. The molecule has 14 heavy (non-hydrogen) atoms. The number of hydrogen-bond donors (Lipinski definition) is 0. The Balaban J connectivity index is 1.82. The summed E-state index contributed by atoms with van der Waals surface area (Å²) in [6, 6.07) is 0. The molecule has 2 heterocycles. The fraction of sp³-hybridized carbons (Fsp3) is 0.